The Hall–Kier alpha value is -1.69. The third-order valence-corrected chi connectivity index (χ3v) is 1.78. The van der Waals surface area contributed by atoms with Gasteiger partial charge >= 0.3 is 0 Å². The molecular weight excluding hydrogens is 198 g/mol. The molecule has 0 aliphatic rings. The zero-order valence-corrected chi connectivity index (χ0v) is 8.19. The Morgan fingerprint density at radius 2 is 2.27 bits per heavy atom. The summed E-state index contributed by atoms with van der Waals surface area (Å²) in [5.74, 6) is -0.329. The highest BCUT2D eigenvalue weighted by molar-refractivity contribution is 5.91. The molecule has 0 spiro atoms. The minimum absolute atomic E-state index is 0.118. The molecule has 0 unspecified atom stereocenters. The molecule has 0 aliphatic heterocycles. The molecule has 0 radical (unpaired) electrons. The van der Waals surface area contributed by atoms with Crippen LogP contribution in [-0.4, -0.2) is 34.4 Å². The summed E-state index contributed by atoms with van der Waals surface area (Å²) in [6.07, 6.45) is 1.37. The number of amides is 1. The second-order valence-electron chi connectivity index (χ2n) is 2.99. The van der Waals surface area contributed by atoms with E-state index in [1.54, 1.807) is 0 Å². The van der Waals surface area contributed by atoms with Gasteiger partial charge in [0.05, 0.1) is 0 Å². The van der Waals surface area contributed by atoms with E-state index in [4.69, 9.17) is 5.11 Å². The zero-order chi connectivity index (χ0) is 11.1. The van der Waals surface area contributed by atoms with Crippen LogP contribution < -0.4 is 10.9 Å². The Morgan fingerprint density at radius 1 is 1.47 bits per heavy atom. The number of aromatic amines is 1. The van der Waals surface area contributed by atoms with Gasteiger partial charge in [-0.25, -0.2) is 5.10 Å². The van der Waals surface area contributed by atoms with Crippen molar-refractivity contribution >= 4 is 5.91 Å². The number of aliphatic hydroxyl groups excluding tert-OH is 1. The van der Waals surface area contributed by atoms with Gasteiger partial charge in [-0.05, 0) is 18.9 Å². The maximum Gasteiger partial charge on any atom is 0.271 e. The van der Waals surface area contributed by atoms with Gasteiger partial charge in [0, 0.05) is 19.2 Å². The standard InChI is InChI=1S/C9H13N3O3/c13-6-2-1-5-10-9(15)7-3-4-8(14)12-11-7/h3-4,13H,1-2,5-6H2,(H,10,15)(H,12,14). The van der Waals surface area contributed by atoms with Gasteiger partial charge in [-0.15, -0.1) is 0 Å². The van der Waals surface area contributed by atoms with Crippen LogP contribution in [-0.2, 0) is 0 Å². The lowest BCUT2D eigenvalue weighted by Gasteiger charge is -2.02. The van der Waals surface area contributed by atoms with Gasteiger partial charge in [0.2, 0.25) is 0 Å². The van der Waals surface area contributed by atoms with Crippen molar-refractivity contribution < 1.29 is 9.90 Å². The molecule has 15 heavy (non-hydrogen) atoms. The van der Waals surface area contributed by atoms with E-state index in [9.17, 15) is 9.59 Å². The number of rotatable bonds is 5. The van der Waals surface area contributed by atoms with Crippen LogP contribution in [0.25, 0.3) is 0 Å². The molecule has 0 saturated carbocycles. The maximum absolute atomic E-state index is 11.4. The van der Waals surface area contributed by atoms with Gasteiger partial charge in [0.1, 0.15) is 5.69 Å². The van der Waals surface area contributed by atoms with Crippen molar-refractivity contribution in [2.24, 2.45) is 0 Å². The molecule has 0 aliphatic carbocycles. The van der Waals surface area contributed by atoms with Crippen LogP contribution in [0.4, 0.5) is 0 Å². The lowest BCUT2D eigenvalue weighted by atomic mass is 10.3. The fourth-order valence-corrected chi connectivity index (χ4v) is 1.00. The van der Waals surface area contributed by atoms with Crippen molar-refractivity contribution in [1.29, 1.82) is 0 Å². The maximum atomic E-state index is 11.4. The molecule has 1 heterocycles. The SMILES string of the molecule is O=C(NCCCCO)c1ccc(=O)[nH]n1. The Balaban J connectivity index is 2.40. The lowest BCUT2D eigenvalue weighted by molar-refractivity contribution is 0.0946. The van der Waals surface area contributed by atoms with E-state index < -0.39 is 0 Å². The number of H-pyrrole nitrogens is 1. The number of unbranched alkanes of at least 4 members (excludes halogenated alkanes) is 1. The van der Waals surface area contributed by atoms with E-state index >= 15 is 0 Å². The monoisotopic (exact) mass is 211 g/mol. The number of aromatic nitrogens is 2. The Kier molecular flexibility index (Phi) is 4.49. The number of nitrogens with zero attached hydrogens (tertiary/aromatic N) is 1. The third-order valence-electron chi connectivity index (χ3n) is 1.78. The molecule has 3 N–H and O–H groups in total. The first-order valence-electron chi connectivity index (χ1n) is 4.69. The van der Waals surface area contributed by atoms with E-state index in [1.165, 1.54) is 12.1 Å². The third kappa shape index (κ3) is 3.90. The molecular formula is C9H13N3O3. The van der Waals surface area contributed by atoms with Crippen molar-refractivity contribution in [2.75, 3.05) is 13.2 Å². The van der Waals surface area contributed by atoms with Crippen LogP contribution in [0.5, 0.6) is 0 Å². The second kappa shape index (κ2) is 5.92. The fourth-order valence-electron chi connectivity index (χ4n) is 1.00. The van der Waals surface area contributed by atoms with Crippen LogP contribution in [0.3, 0.4) is 0 Å². The molecule has 6 heteroatoms. The normalized spacial score (nSPS) is 9.93. The van der Waals surface area contributed by atoms with Crippen molar-refractivity contribution in [2.45, 2.75) is 12.8 Å². The van der Waals surface area contributed by atoms with E-state index in [1.807, 2.05) is 0 Å². The van der Waals surface area contributed by atoms with Crippen LogP contribution >= 0.6 is 0 Å². The van der Waals surface area contributed by atoms with Gasteiger partial charge in [-0.1, -0.05) is 0 Å². The number of hydrogen-bond donors (Lipinski definition) is 3. The molecule has 1 rings (SSSR count). The number of aliphatic hydroxyl groups is 1. The van der Waals surface area contributed by atoms with E-state index in [0.717, 1.165) is 0 Å². The summed E-state index contributed by atoms with van der Waals surface area (Å²) in [4.78, 5) is 22.0. The summed E-state index contributed by atoms with van der Waals surface area (Å²) in [5.41, 5.74) is -0.162. The lowest BCUT2D eigenvalue weighted by Crippen LogP contribution is -2.26. The molecule has 1 amide bonds. The summed E-state index contributed by atoms with van der Waals surface area (Å²) < 4.78 is 0. The number of carbonyl (C=O) groups is 1. The predicted molar refractivity (Wildman–Crippen MR) is 53.5 cm³/mol. The molecule has 1 aromatic rings. The van der Waals surface area contributed by atoms with Crippen LogP contribution in [0, 0.1) is 0 Å². The average molecular weight is 211 g/mol. The first-order valence-corrected chi connectivity index (χ1v) is 4.69. The van der Waals surface area contributed by atoms with Crippen LogP contribution in [0.1, 0.15) is 23.3 Å². The summed E-state index contributed by atoms with van der Waals surface area (Å²) in [7, 11) is 0. The first kappa shape index (κ1) is 11.4. The molecule has 0 saturated heterocycles. The highest BCUT2D eigenvalue weighted by Crippen LogP contribution is 1.89. The molecule has 0 bridgehead atoms. The Labute approximate surface area is 86.3 Å². The van der Waals surface area contributed by atoms with Crippen LogP contribution in [0.2, 0.25) is 0 Å². The quantitative estimate of drug-likeness (QED) is 0.560. The number of carbonyl (C=O) groups excluding carboxylic acids is 1. The fraction of sp³-hybridized carbons (Fsp3) is 0.444. The zero-order valence-electron chi connectivity index (χ0n) is 8.19. The number of hydrogen-bond acceptors (Lipinski definition) is 4. The highest BCUT2D eigenvalue weighted by atomic mass is 16.3. The van der Waals surface area contributed by atoms with Crippen molar-refractivity contribution in [3.63, 3.8) is 0 Å². The van der Waals surface area contributed by atoms with Crippen molar-refractivity contribution in [3.05, 3.63) is 28.2 Å². The highest BCUT2D eigenvalue weighted by Gasteiger charge is 2.05. The van der Waals surface area contributed by atoms with Gasteiger partial charge in [0.15, 0.2) is 0 Å². The van der Waals surface area contributed by atoms with Crippen molar-refractivity contribution in [1.82, 2.24) is 15.5 Å². The van der Waals surface area contributed by atoms with Crippen molar-refractivity contribution in [3.8, 4) is 0 Å². The molecule has 6 nitrogen and oxygen atoms in total. The molecule has 82 valence electrons. The first-order chi connectivity index (χ1) is 7.24. The van der Waals surface area contributed by atoms with E-state index in [-0.39, 0.29) is 23.8 Å². The topological polar surface area (TPSA) is 95.1 Å². The van der Waals surface area contributed by atoms with Gasteiger partial charge < -0.3 is 10.4 Å². The van der Waals surface area contributed by atoms with Gasteiger partial charge in [-0.2, -0.15) is 5.10 Å². The molecule has 0 aromatic carbocycles. The Morgan fingerprint density at radius 3 is 2.87 bits per heavy atom. The smallest absolute Gasteiger partial charge is 0.271 e. The molecule has 1 aromatic heterocycles. The summed E-state index contributed by atoms with van der Waals surface area (Å²) in [5, 5.41) is 16.9. The Bertz CT molecular complexity index is 355. The summed E-state index contributed by atoms with van der Waals surface area (Å²) in [6.45, 7) is 0.604. The largest absolute Gasteiger partial charge is 0.396 e. The minimum Gasteiger partial charge on any atom is -0.396 e. The summed E-state index contributed by atoms with van der Waals surface area (Å²) >= 11 is 0. The molecule has 0 fully saturated rings. The van der Waals surface area contributed by atoms with E-state index in [2.05, 4.69) is 15.5 Å². The summed E-state index contributed by atoms with van der Waals surface area (Å²) in [6, 6.07) is 2.61. The molecule has 0 atom stereocenters. The number of nitrogens with one attached hydrogen (secondary N) is 2. The predicted octanol–water partition coefficient (Wildman–Crippen LogP) is -0.728. The van der Waals surface area contributed by atoms with Gasteiger partial charge in [-0.3, -0.25) is 9.59 Å². The average Bonchev–Trinajstić information content (AvgIpc) is 2.25. The second-order valence-corrected chi connectivity index (χ2v) is 2.99. The minimum atomic E-state index is -0.341. The van der Waals surface area contributed by atoms with Gasteiger partial charge in [0.25, 0.3) is 11.5 Å². The van der Waals surface area contributed by atoms with E-state index in [0.29, 0.717) is 19.4 Å². The van der Waals surface area contributed by atoms with Crippen LogP contribution in [0.15, 0.2) is 16.9 Å².